The van der Waals surface area contributed by atoms with Crippen molar-refractivity contribution in [2.24, 2.45) is 10.9 Å². The van der Waals surface area contributed by atoms with Crippen LogP contribution in [-0.4, -0.2) is 56.8 Å². The highest BCUT2D eigenvalue weighted by atomic mass is 32.2. The number of aliphatic imine (C=N–C) groups is 1. The first kappa shape index (κ1) is 30.4. The van der Waals surface area contributed by atoms with Crippen LogP contribution in [-0.2, 0) is 25.7 Å². The van der Waals surface area contributed by atoms with E-state index in [1.165, 1.54) is 14.1 Å². The number of amides is 1. The van der Waals surface area contributed by atoms with Gasteiger partial charge in [0.2, 0.25) is 6.29 Å². The van der Waals surface area contributed by atoms with Crippen molar-refractivity contribution in [3.8, 4) is 5.75 Å². The number of anilines is 1. The predicted octanol–water partition coefficient (Wildman–Crippen LogP) is 4.39. The van der Waals surface area contributed by atoms with E-state index in [1.807, 2.05) is 20.8 Å². The number of hydrogen-bond donors (Lipinski definition) is 3. The summed E-state index contributed by atoms with van der Waals surface area (Å²) in [6.45, 7) is 8.88. The van der Waals surface area contributed by atoms with Crippen molar-refractivity contribution in [2.45, 2.75) is 59.4 Å². The molecule has 1 saturated heterocycles. The molecule has 0 saturated carbocycles. The van der Waals surface area contributed by atoms with E-state index in [0.717, 1.165) is 16.5 Å². The summed E-state index contributed by atoms with van der Waals surface area (Å²) in [6, 6.07) is 2.62. The third-order valence-corrected chi connectivity index (χ3v) is 8.03. The van der Waals surface area contributed by atoms with Crippen molar-refractivity contribution < 1.29 is 45.4 Å². The van der Waals surface area contributed by atoms with Crippen LogP contribution in [0.2, 0.25) is 0 Å². The van der Waals surface area contributed by atoms with E-state index in [4.69, 9.17) is 13.9 Å². The number of ether oxygens (including phenoxy) is 2. The number of nitrogens with zero attached hydrogens (tertiary/aromatic N) is 2. The number of phenolic OH excluding ortho intramolecular Hbond substituents is 1. The molecule has 3 N–H and O–H groups in total. The molecule has 1 fully saturated rings. The van der Waals surface area contributed by atoms with Gasteiger partial charge in [-0.2, -0.15) is 13.2 Å². The van der Waals surface area contributed by atoms with Crippen LogP contribution in [0.15, 0.2) is 38.2 Å². The molecule has 15 heteroatoms. The summed E-state index contributed by atoms with van der Waals surface area (Å²) in [7, 11) is -1.84. The van der Waals surface area contributed by atoms with Gasteiger partial charge in [0.1, 0.15) is 28.2 Å². The Morgan fingerprint density at radius 2 is 1.83 bits per heavy atom. The summed E-state index contributed by atoms with van der Waals surface area (Å²) in [5, 5.41) is 13.6. The number of sulfonamides is 1. The minimum atomic E-state index is -4.96. The van der Waals surface area contributed by atoms with Crippen LogP contribution >= 0.6 is 0 Å². The van der Waals surface area contributed by atoms with Crippen LogP contribution in [0.5, 0.6) is 5.75 Å². The Hall–Kier alpha value is -3.56. The predicted molar refractivity (Wildman–Crippen MR) is 142 cm³/mol. The fraction of sp³-hybridized carbons (Fsp3) is 0.462. The maximum atomic E-state index is 13.8. The van der Waals surface area contributed by atoms with Crippen LogP contribution in [0.3, 0.4) is 0 Å². The molecule has 1 atom stereocenters. The van der Waals surface area contributed by atoms with E-state index < -0.39 is 62.5 Å². The Kier molecular flexibility index (Phi) is 7.92. The van der Waals surface area contributed by atoms with Crippen molar-refractivity contribution in [1.82, 2.24) is 9.62 Å². The van der Waals surface area contributed by atoms with Crippen LogP contribution in [0.4, 0.5) is 18.9 Å². The lowest BCUT2D eigenvalue weighted by Crippen LogP contribution is -2.42. The quantitative estimate of drug-likeness (QED) is 0.397. The Morgan fingerprint density at radius 3 is 2.32 bits per heavy atom. The fourth-order valence-electron chi connectivity index (χ4n) is 4.35. The number of aryl methyl sites for hydroxylation is 2. The Balaban J connectivity index is 1.90. The maximum Gasteiger partial charge on any atom is 0.417 e. The molecule has 0 unspecified atom stereocenters. The number of alkyl halides is 3. The van der Waals surface area contributed by atoms with Gasteiger partial charge in [0, 0.05) is 14.1 Å². The molecule has 0 spiro atoms. The summed E-state index contributed by atoms with van der Waals surface area (Å²) in [4.78, 5) is 17.8. The van der Waals surface area contributed by atoms with Gasteiger partial charge in [0.15, 0.2) is 17.9 Å². The number of furan rings is 1. The second-order valence-electron chi connectivity index (χ2n) is 10.3. The van der Waals surface area contributed by atoms with E-state index in [9.17, 15) is 31.5 Å². The van der Waals surface area contributed by atoms with E-state index in [1.54, 1.807) is 19.9 Å². The average molecular weight is 601 g/mol. The number of carbonyl (C=O) groups excluding carboxylic acids is 1. The van der Waals surface area contributed by atoms with Gasteiger partial charge in [-0.1, -0.05) is 13.8 Å². The second kappa shape index (κ2) is 10.7. The number of nitrogens with one attached hydrogen (secondary N) is 2. The van der Waals surface area contributed by atoms with Crippen molar-refractivity contribution in [3.05, 3.63) is 57.0 Å². The third-order valence-electron chi connectivity index (χ3n) is 6.59. The Labute approximate surface area is 235 Å². The molecule has 3 heterocycles. The number of aromatic hydroxyl groups is 1. The van der Waals surface area contributed by atoms with Gasteiger partial charge in [-0.15, -0.1) is 0 Å². The molecule has 0 bridgehead atoms. The van der Waals surface area contributed by atoms with E-state index in [0.29, 0.717) is 17.6 Å². The Bertz CT molecular complexity index is 1520. The number of phenols is 1. The lowest BCUT2D eigenvalue weighted by molar-refractivity contribution is -0.356. The number of halogens is 3. The zero-order valence-electron chi connectivity index (χ0n) is 23.4. The molecule has 4 rings (SSSR count). The number of benzene rings is 1. The van der Waals surface area contributed by atoms with Gasteiger partial charge >= 0.3 is 6.18 Å². The lowest BCUT2D eigenvalue weighted by atomic mass is 10.0. The molecule has 1 amide bonds. The van der Waals surface area contributed by atoms with Gasteiger partial charge < -0.3 is 29.2 Å². The molecule has 11 nitrogen and oxygen atoms in total. The molecule has 2 aliphatic heterocycles. The molecule has 224 valence electrons. The molecule has 0 radical (unpaired) electrons. The Morgan fingerprint density at radius 1 is 1.20 bits per heavy atom. The van der Waals surface area contributed by atoms with E-state index >= 15 is 0 Å². The molecular weight excluding hydrogens is 569 g/mol. The van der Waals surface area contributed by atoms with Gasteiger partial charge in [0.25, 0.3) is 15.9 Å². The van der Waals surface area contributed by atoms with Crippen molar-refractivity contribution in [1.29, 1.82) is 0 Å². The molecule has 2 aliphatic rings. The van der Waals surface area contributed by atoms with Crippen LogP contribution in [0, 0.1) is 19.8 Å². The molecule has 0 aliphatic carbocycles. The smallest absolute Gasteiger partial charge is 0.417 e. The fourth-order valence-corrected chi connectivity index (χ4v) is 5.65. The summed E-state index contributed by atoms with van der Waals surface area (Å²) < 4.78 is 86.8. The standard InChI is InChI=1S/C26H31F3N4O7S/c1-11(2)19(17-10-12(3)13(4)38-17)31-23-20(22(41(36,37)32-23)25-39-14(5)40-25)30-16-9-8-15(26(27,28)29)18(21(16)34)24(35)33(6)7/h8-11,14,19,25,30,34H,1-7H3,(H,31,32)/t14?,19-,25?/m1/s1. The van der Waals surface area contributed by atoms with Crippen molar-refractivity contribution in [3.63, 3.8) is 0 Å². The highest BCUT2D eigenvalue weighted by molar-refractivity contribution is 7.94. The zero-order valence-corrected chi connectivity index (χ0v) is 24.2. The number of carbonyl (C=O) groups is 1. The highest BCUT2D eigenvalue weighted by Gasteiger charge is 2.46. The number of hydrogen-bond acceptors (Lipinski definition) is 9. The first-order chi connectivity index (χ1) is 18.9. The first-order valence-corrected chi connectivity index (χ1v) is 14.1. The first-order valence-electron chi connectivity index (χ1n) is 12.6. The number of amidine groups is 1. The van der Waals surface area contributed by atoms with Crippen molar-refractivity contribution in [2.75, 3.05) is 19.4 Å². The topological polar surface area (TPSA) is 143 Å². The third kappa shape index (κ3) is 5.78. The normalized spacial score (nSPS) is 22.1. The zero-order chi connectivity index (χ0) is 30.6. The van der Waals surface area contributed by atoms with E-state index in [-0.39, 0.29) is 23.1 Å². The monoisotopic (exact) mass is 600 g/mol. The second-order valence-corrected chi connectivity index (χ2v) is 11.9. The molecule has 41 heavy (non-hydrogen) atoms. The lowest BCUT2D eigenvalue weighted by Gasteiger charge is -2.34. The molecule has 1 aromatic carbocycles. The minimum absolute atomic E-state index is 0.178. The SMILES string of the molecule is Cc1cc([C@H](N=C2NS(=O)(=O)C(C3OC(C)O3)=C2Nc2ccc(C(F)(F)F)c(C(=O)N(C)C)c2O)C(C)C)oc1C. The van der Waals surface area contributed by atoms with Crippen LogP contribution in [0.1, 0.15) is 59.8 Å². The summed E-state index contributed by atoms with van der Waals surface area (Å²) in [6.07, 6.45) is -7.03. The summed E-state index contributed by atoms with van der Waals surface area (Å²) in [5.74, 6) is -1.41. The van der Waals surface area contributed by atoms with Gasteiger partial charge in [-0.05, 0) is 50.5 Å². The average Bonchev–Trinajstić information content (AvgIpc) is 3.28. The van der Waals surface area contributed by atoms with E-state index in [2.05, 4.69) is 15.0 Å². The highest BCUT2D eigenvalue weighted by Crippen LogP contribution is 2.42. The molecule has 1 aromatic heterocycles. The molecular formula is C26H31F3N4O7S. The summed E-state index contributed by atoms with van der Waals surface area (Å²) >= 11 is 0. The van der Waals surface area contributed by atoms with Crippen LogP contribution < -0.4 is 10.0 Å². The molecule has 2 aromatic rings. The number of rotatable bonds is 7. The van der Waals surface area contributed by atoms with Crippen molar-refractivity contribution >= 4 is 27.5 Å². The minimum Gasteiger partial charge on any atom is -0.505 e. The van der Waals surface area contributed by atoms with Crippen LogP contribution in [0.25, 0.3) is 0 Å². The summed E-state index contributed by atoms with van der Waals surface area (Å²) in [5.41, 5.74) is -2.10. The maximum absolute atomic E-state index is 13.8. The largest absolute Gasteiger partial charge is 0.505 e. The van der Waals surface area contributed by atoms with Gasteiger partial charge in [0.05, 0.1) is 16.8 Å². The van der Waals surface area contributed by atoms with Gasteiger partial charge in [-0.3, -0.25) is 14.5 Å². The van der Waals surface area contributed by atoms with Gasteiger partial charge in [-0.25, -0.2) is 8.42 Å².